The monoisotopic (exact) mass is 348 g/mol. The molecule has 1 spiro atoms. The van der Waals surface area contributed by atoms with Gasteiger partial charge in [-0.3, -0.25) is 4.98 Å². The van der Waals surface area contributed by atoms with E-state index in [0.29, 0.717) is 0 Å². The molecule has 0 bridgehead atoms. The van der Waals surface area contributed by atoms with Crippen molar-refractivity contribution in [1.82, 2.24) is 14.9 Å². The van der Waals surface area contributed by atoms with Crippen molar-refractivity contribution in [2.75, 3.05) is 19.6 Å². The molecule has 5 rings (SSSR count). The minimum atomic E-state index is -0.332. The molecule has 0 amide bonds. The van der Waals surface area contributed by atoms with E-state index in [-0.39, 0.29) is 11.8 Å². The zero-order valence-electron chi connectivity index (χ0n) is 15.1. The molecule has 0 saturated carbocycles. The fourth-order valence-electron chi connectivity index (χ4n) is 4.47. The van der Waals surface area contributed by atoms with E-state index in [0.717, 1.165) is 56.1 Å². The van der Waals surface area contributed by atoms with Gasteiger partial charge in [0, 0.05) is 44.1 Å². The lowest BCUT2D eigenvalue weighted by atomic mass is 9.91. The number of nitrogens with zero attached hydrogens (tertiary/aromatic N) is 4. The van der Waals surface area contributed by atoms with Crippen molar-refractivity contribution in [1.29, 1.82) is 0 Å². The van der Waals surface area contributed by atoms with E-state index in [9.17, 15) is 0 Å². The molecule has 1 saturated heterocycles. The number of ether oxygens (including phenoxy) is 1. The van der Waals surface area contributed by atoms with Gasteiger partial charge in [0.2, 0.25) is 5.72 Å². The molecule has 1 aromatic heterocycles. The van der Waals surface area contributed by atoms with Gasteiger partial charge in [-0.1, -0.05) is 31.2 Å². The van der Waals surface area contributed by atoms with Gasteiger partial charge in [0.05, 0.1) is 17.4 Å². The predicted octanol–water partition coefficient (Wildman–Crippen LogP) is 3.44. The second-order valence-corrected chi connectivity index (χ2v) is 7.35. The quantitative estimate of drug-likeness (QED) is 0.834. The third-order valence-electron chi connectivity index (χ3n) is 5.95. The number of hydrogen-bond donors (Lipinski definition) is 0. The third-order valence-corrected chi connectivity index (χ3v) is 5.95. The van der Waals surface area contributed by atoms with Crippen molar-refractivity contribution < 1.29 is 4.74 Å². The fourth-order valence-corrected chi connectivity index (χ4v) is 4.47. The Morgan fingerprint density at radius 3 is 2.69 bits per heavy atom. The number of hydrogen-bond acceptors (Lipinski definition) is 5. The maximum Gasteiger partial charge on any atom is 0.200 e. The number of aromatic nitrogens is 1. The highest BCUT2D eigenvalue weighted by atomic mass is 16.5. The summed E-state index contributed by atoms with van der Waals surface area (Å²) in [6.45, 7) is 5.43. The summed E-state index contributed by atoms with van der Waals surface area (Å²) < 4.78 is 6.62. The van der Waals surface area contributed by atoms with Crippen LogP contribution < -0.4 is 4.74 Å². The van der Waals surface area contributed by atoms with Crippen molar-refractivity contribution >= 4 is 5.71 Å². The van der Waals surface area contributed by atoms with Crippen LogP contribution in [0.1, 0.15) is 43.5 Å². The van der Waals surface area contributed by atoms with Crippen molar-refractivity contribution in [3.8, 4) is 5.75 Å². The van der Waals surface area contributed by atoms with Crippen LogP contribution in [-0.4, -0.2) is 46.0 Å². The first-order valence-electron chi connectivity index (χ1n) is 9.57. The summed E-state index contributed by atoms with van der Waals surface area (Å²) in [6, 6.07) is 14.7. The molecule has 5 nitrogen and oxygen atoms in total. The summed E-state index contributed by atoms with van der Waals surface area (Å²) in [4.78, 5) is 7.02. The fraction of sp³-hybridized carbons (Fsp3) is 0.429. The second kappa shape index (κ2) is 6.09. The standard InChI is InChI=1S/C21H24N4O/c1-2-24-13-10-21(11-14-24)25-19(16-7-3-4-9-20(16)26-21)15-18(23-25)17-8-5-6-12-22-17/h3-9,12,19H,2,10-11,13-15H2,1H3. The van der Waals surface area contributed by atoms with Crippen molar-refractivity contribution in [3.05, 3.63) is 59.9 Å². The molecule has 26 heavy (non-hydrogen) atoms. The molecule has 5 heteroatoms. The number of piperidine rings is 1. The molecule has 0 aliphatic carbocycles. The van der Waals surface area contributed by atoms with Crippen molar-refractivity contribution in [3.63, 3.8) is 0 Å². The molecule has 0 N–H and O–H groups in total. The highest BCUT2D eigenvalue weighted by molar-refractivity contribution is 6.00. The molecule has 1 aromatic carbocycles. The predicted molar refractivity (Wildman–Crippen MR) is 101 cm³/mol. The third kappa shape index (κ3) is 2.42. The maximum absolute atomic E-state index is 6.62. The van der Waals surface area contributed by atoms with Gasteiger partial charge in [-0.2, -0.15) is 5.10 Å². The number of rotatable bonds is 2. The van der Waals surface area contributed by atoms with Gasteiger partial charge >= 0.3 is 0 Å². The molecule has 0 radical (unpaired) electrons. The lowest BCUT2D eigenvalue weighted by Crippen LogP contribution is -2.59. The zero-order valence-corrected chi connectivity index (χ0v) is 15.1. The number of benzene rings is 1. The number of fused-ring (bicyclic) bond motifs is 4. The maximum atomic E-state index is 6.62. The van der Waals surface area contributed by atoms with Gasteiger partial charge < -0.3 is 9.64 Å². The molecule has 134 valence electrons. The minimum Gasteiger partial charge on any atom is -0.466 e. The van der Waals surface area contributed by atoms with Crippen LogP contribution in [-0.2, 0) is 0 Å². The highest BCUT2D eigenvalue weighted by Crippen LogP contribution is 2.49. The Balaban J connectivity index is 1.55. The molecule has 3 aliphatic rings. The molecule has 1 unspecified atom stereocenters. The number of para-hydroxylation sites is 1. The molecule has 4 heterocycles. The SMILES string of the molecule is CCN1CCC2(CC1)Oc1ccccc1C1CC(c3ccccn3)=NN12. The Bertz CT molecular complexity index is 827. The molecular formula is C21H24N4O. The van der Waals surface area contributed by atoms with E-state index in [4.69, 9.17) is 9.84 Å². The minimum absolute atomic E-state index is 0.241. The van der Waals surface area contributed by atoms with Gasteiger partial charge in [-0.15, -0.1) is 0 Å². The van der Waals surface area contributed by atoms with Crippen LogP contribution in [0.3, 0.4) is 0 Å². The summed E-state index contributed by atoms with van der Waals surface area (Å²) in [5, 5.41) is 7.31. The van der Waals surface area contributed by atoms with E-state index in [2.05, 4.69) is 52.1 Å². The molecule has 1 fully saturated rings. The number of hydrazone groups is 1. The van der Waals surface area contributed by atoms with Crippen molar-refractivity contribution in [2.24, 2.45) is 5.10 Å². The smallest absolute Gasteiger partial charge is 0.200 e. The summed E-state index contributed by atoms with van der Waals surface area (Å²) in [5.41, 5.74) is 2.95. The Hall–Kier alpha value is -2.40. The Morgan fingerprint density at radius 1 is 1.12 bits per heavy atom. The van der Waals surface area contributed by atoms with Crippen LogP contribution in [0.15, 0.2) is 53.8 Å². The second-order valence-electron chi connectivity index (χ2n) is 7.35. The van der Waals surface area contributed by atoms with E-state index in [1.165, 1.54) is 5.56 Å². The topological polar surface area (TPSA) is 41.0 Å². The van der Waals surface area contributed by atoms with E-state index >= 15 is 0 Å². The van der Waals surface area contributed by atoms with Crippen molar-refractivity contribution in [2.45, 2.75) is 38.0 Å². The molecule has 2 aromatic rings. The largest absolute Gasteiger partial charge is 0.466 e. The van der Waals surface area contributed by atoms with Crippen LogP contribution in [0, 0.1) is 0 Å². The Kier molecular flexibility index (Phi) is 3.71. The average Bonchev–Trinajstić information content (AvgIpc) is 3.16. The first-order valence-corrected chi connectivity index (χ1v) is 9.57. The van der Waals surface area contributed by atoms with E-state index in [1.807, 2.05) is 18.3 Å². The van der Waals surface area contributed by atoms with Gasteiger partial charge in [0.25, 0.3) is 0 Å². The Labute approximate surface area is 154 Å². The molecule has 3 aliphatic heterocycles. The van der Waals surface area contributed by atoms with E-state index < -0.39 is 0 Å². The van der Waals surface area contributed by atoms with Gasteiger partial charge in [0.15, 0.2) is 0 Å². The van der Waals surface area contributed by atoms with Crippen LogP contribution in [0.5, 0.6) is 5.75 Å². The molecule has 1 atom stereocenters. The summed E-state index contributed by atoms with van der Waals surface area (Å²) in [7, 11) is 0. The number of likely N-dealkylation sites (tertiary alicyclic amines) is 1. The van der Waals surface area contributed by atoms with Gasteiger partial charge in [0.1, 0.15) is 5.75 Å². The van der Waals surface area contributed by atoms with Crippen LogP contribution in [0.2, 0.25) is 0 Å². The van der Waals surface area contributed by atoms with Gasteiger partial charge in [-0.25, -0.2) is 5.01 Å². The summed E-state index contributed by atoms with van der Waals surface area (Å²) in [6.07, 6.45) is 4.68. The van der Waals surface area contributed by atoms with E-state index in [1.54, 1.807) is 0 Å². The normalized spacial score (nSPS) is 24.0. The first kappa shape index (κ1) is 15.8. The van der Waals surface area contributed by atoms with Gasteiger partial charge in [-0.05, 0) is 24.7 Å². The lowest BCUT2D eigenvalue weighted by Gasteiger charge is -2.51. The Morgan fingerprint density at radius 2 is 1.92 bits per heavy atom. The first-order chi connectivity index (χ1) is 12.8. The zero-order chi connectivity index (χ0) is 17.6. The molecular weight excluding hydrogens is 324 g/mol. The summed E-state index contributed by atoms with van der Waals surface area (Å²) in [5.74, 6) is 1.02. The average molecular weight is 348 g/mol. The number of pyridine rings is 1. The highest BCUT2D eigenvalue weighted by Gasteiger charge is 2.51. The van der Waals surface area contributed by atoms with Crippen LogP contribution in [0.4, 0.5) is 0 Å². The van der Waals surface area contributed by atoms with Crippen LogP contribution >= 0.6 is 0 Å². The van der Waals surface area contributed by atoms with Crippen LogP contribution in [0.25, 0.3) is 0 Å². The lowest BCUT2D eigenvalue weighted by molar-refractivity contribution is -0.149. The summed E-state index contributed by atoms with van der Waals surface area (Å²) >= 11 is 0.